The number of benzene rings is 2. The first-order valence-electron chi connectivity index (χ1n) is 8.13. The quantitative estimate of drug-likeness (QED) is 0.697. The van der Waals surface area contributed by atoms with Gasteiger partial charge in [-0.05, 0) is 37.3 Å². The Morgan fingerprint density at radius 2 is 1.88 bits per heavy atom. The van der Waals surface area contributed by atoms with Crippen LogP contribution in [0.5, 0.6) is 5.75 Å². The maximum Gasteiger partial charge on any atom is 0.221 e. The van der Waals surface area contributed by atoms with Crippen molar-refractivity contribution in [3.05, 3.63) is 59.8 Å². The molecule has 0 radical (unpaired) electrons. The topological polar surface area (TPSA) is 60.3 Å². The summed E-state index contributed by atoms with van der Waals surface area (Å²) in [6.45, 7) is 4.55. The van der Waals surface area contributed by atoms with Gasteiger partial charge >= 0.3 is 0 Å². The van der Waals surface area contributed by atoms with Crippen LogP contribution in [0.1, 0.15) is 23.0 Å². The van der Waals surface area contributed by atoms with Crippen molar-refractivity contribution < 1.29 is 14.3 Å². The molecular formula is C20H20N2O3. The summed E-state index contributed by atoms with van der Waals surface area (Å²) in [5.74, 6) is 0.633. The molecule has 3 aromatic rings. The molecule has 2 aromatic carbocycles. The Hall–Kier alpha value is -3.08. The summed E-state index contributed by atoms with van der Waals surface area (Å²) in [7, 11) is 0. The van der Waals surface area contributed by atoms with Gasteiger partial charge in [-0.25, -0.2) is 0 Å². The predicted octanol–water partition coefficient (Wildman–Crippen LogP) is 3.80. The monoisotopic (exact) mass is 336 g/mol. The molecule has 0 aliphatic carbocycles. The van der Waals surface area contributed by atoms with Crippen LogP contribution in [0.25, 0.3) is 10.9 Å². The minimum atomic E-state index is -0.102. The molecule has 0 bridgehead atoms. The molecular weight excluding hydrogens is 316 g/mol. The molecule has 1 heterocycles. The van der Waals surface area contributed by atoms with Crippen LogP contribution < -0.4 is 10.1 Å². The summed E-state index contributed by atoms with van der Waals surface area (Å²) in [6.07, 6.45) is 0.912. The number of hydrogen-bond acceptors (Lipinski definition) is 3. The van der Waals surface area contributed by atoms with Crippen LogP contribution in [-0.2, 0) is 11.3 Å². The van der Waals surface area contributed by atoms with E-state index in [1.54, 1.807) is 12.1 Å². The number of carbonyl (C=O) groups is 2. The van der Waals surface area contributed by atoms with Crippen LogP contribution in [0.4, 0.5) is 5.69 Å². The molecule has 5 heteroatoms. The number of fused-ring (bicyclic) bond motifs is 1. The molecule has 0 saturated carbocycles. The molecule has 0 aliphatic heterocycles. The van der Waals surface area contributed by atoms with Crippen molar-refractivity contribution in [2.75, 3.05) is 11.9 Å². The Morgan fingerprint density at radius 1 is 1.16 bits per heavy atom. The molecule has 0 saturated heterocycles. The van der Waals surface area contributed by atoms with Gasteiger partial charge in [0.1, 0.15) is 12.4 Å². The van der Waals surface area contributed by atoms with Gasteiger partial charge in [0.15, 0.2) is 6.29 Å². The molecule has 0 spiro atoms. The Kier molecular flexibility index (Phi) is 4.84. The maximum absolute atomic E-state index is 11.4. The first-order valence-corrected chi connectivity index (χ1v) is 8.13. The lowest BCUT2D eigenvalue weighted by atomic mass is 10.1. The molecule has 1 N–H and O–H groups in total. The summed E-state index contributed by atoms with van der Waals surface area (Å²) in [5.41, 5.74) is 3.45. The molecule has 1 aromatic heterocycles. The zero-order valence-corrected chi connectivity index (χ0v) is 14.3. The normalized spacial score (nSPS) is 10.6. The molecule has 5 nitrogen and oxygen atoms in total. The van der Waals surface area contributed by atoms with Gasteiger partial charge in [0, 0.05) is 34.8 Å². The smallest absolute Gasteiger partial charge is 0.221 e. The Morgan fingerprint density at radius 3 is 2.56 bits per heavy atom. The second-order valence-corrected chi connectivity index (χ2v) is 5.84. The van der Waals surface area contributed by atoms with Crippen molar-refractivity contribution in [1.29, 1.82) is 0 Å². The van der Waals surface area contributed by atoms with Crippen LogP contribution in [0.2, 0.25) is 0 Å². The molecule has 0 unspecified atom stereocenters. The number of hydrogen-bond donors (Lipinski definition) is 1. The first kappa shape index (κ1) is 16.8. The van der Waals surface area contributed by atoms with E-state index in [0.717, 1.165) is 39.9 Å². The molecule has 128 valence electrons. The highest BCUT2D eigenvalue weighted by atomic mass is 16.5. The third kappa shape index (κ3) is 3.55. The van der Waals surface area contributed by atoms with E-state index in [9.17, 15) is 9.59 Å². The highest BCUT2D eigenvalue weighted by Crippen LogP contribution is 2.24. The molecule has 3 rings (SSSR count). The van der Waals surface area contributed by atoms with Crippen LogP contribution in [-0.4, -0.2) is 23.4 Å². The molecule has 0 aliphatic rings. The standard InChI is InChI=1S/C20H20N2O3/c1-14-19(13-23)18-5-3-4-6-20(18)22(14)11-12-25-17-9-7-16(8-10-17)21-15(2)24/h3-10,13H,11-12H2,1-2H3,(H,21,24). The van der Waals surface area contributed by atoms with Crippen LogP contribution >= 0.6 is 0 Å². The second-order valence-electron chi connectivity index (χ2n) is 5.84. The van der Waals surface area contributed by atoms with E-state index in [1.807, 2.05) is 43.3 Å². The summed E-state index contributed by atoms with van der Waals surface area (Å²) in [5, 5.41) is 3.69. The van der Waals surface area contributed by atoms with Gasteiger partial charge < -0.3 is 14.6 Å². The zero-order valence-electron chi connectivity index (χ0n) is 14.3. The van der Waals surface area contributed by atoms with Crippen LogP contribution in [0, 0.1) is 6.92 Å². The average Bonchev–Trinajstić information content (AvgIpc) is 2.87. The lowest BCUT2D eigenvalue weighted by molar-refractivity contribution is -0.114. The minimum absolute atomic E-state index is 0.102. The third-order valence-electron chi connectivity index (χ3n) is 4.16. The van der Waals surface area contributed by atoms with Crippen molar-refractivity contribution >= 4 is 28.8 Å². The minimum Gasteiger partial charge on any atom is -0.492 e. The lowest BCUT2D eigenvalue weighted by Crippen LogP contribution is -2.10. The number of aromatic nitrogens is 1. The number of amides is 1. The highest BCUT2D eigenvalue weighted by molar-refractivity contribution is 5.99. The number of para-hydroxylation sites is 1. The molecule has 25 heavy (non-hydrogen) atoms. The van der Waals surface area contributed by atoms with Gasteiger partial charge in [0.2, 0.25) is 5.91 Å². The number of carbonyl (C=O) groups excluding carboxylic acids is 2. The van der Waals surface area contributed by atoms with Crippen molar-refractivity contribution in [3.8, 4) is 5.75 Å². The van der Waals surface area contributed by atoms with Crippen LogP contribution in [0.15, 0.2) is 48.5 Å². The number of ether oxygens (including phenoxy) is 1. The van der Waals surface area contributed by atoms with Crippen LogP contribution in [0.3, 0.4) is 0 Å². The van der Waals surface area contributed by atoms with E-state index >= 15 is 0 Å². The van der Waals surface area contributed by atoms with Gasteiger partial charge in [-0.2, -0.15) is 0 Å². The van der Waals surface area contributed by atoms with Gasteiger partial charge in [-0.15, -0.1) is 0 Å². The Bertz CT molecular complexity index is 911. The fourth-order valence-electron chi connectivity index (χ4n) is 2.99. The SMILES string of the molecule is CC(=O)Nc1ccc(OCCn2c(C)c(C=O)c3ccccc32)cc1. The summed E-state index contributed by atoms with van der Waals surface area (Å²) < 4.78 is 7.90. The molecule has 0 fully saturated rings. The maximum atomic E-state index is 11.4. The zero-order chi connectivity index (χ0) is 17.8. The lowest BCUT2D eigenvalue weighted by Gasteiger charge is -2.11. The van der Waals surface area contributed by atoms with Crippen molar-refractivity contribution in [1.82, 2.24) is 4.57 Å². The number of nitrogens with zero attached hydrogens (tertiary/aromatic N) is 1. The van der Waals surface area contributed by atoms with E-state index < -0.39 is 0 Å². The van der Waals surface area contributed by atoms with Crippen molar-refractivity contribution in [2.45, 2.75) is 20.4 Å². The number of anilines is 1. The molecule has 1 amide bonds. The van der Waals surface area contributed by atoms with Crippen molar-refractivity contribution in [2.24, 2.45) is 0 Å². The first-order chi connectivity index (χ1) is 12.1. The largest absolute Gasteiger partial charge is 0.492 e. The number of rotatable bonds is 6. The third-order valence-corrected chi connectivity index (χ3v) is 4.16. The Labute approximate surface area is 146 Å². The van der Waals surface area contributed by atoms with Gasteiger partial charge in [0.05, 0.1) is 6.54 Å². The van der Waals surface area contributed by atoms with Crippen molar-refractivity contribution in [3.63, 3.8) is 0 Å². The van der Waals surface area contributed by atoms with E-state index in [4.69, 9.17) is 4.74 Å². The molecule has 0 atom stereocenters. The van der Waals surface area contributed by atoms with E-state index in [1.165, 1.54) is 6.92 Å². The predicted molar refractivity (Wildman–Crippen MR) is 98.3 cm³/mol. The number of aldehydes is 1. The van der Waals surface area contributed by atoms with E-state index in [2.05, 4.69) is 9.88 Å². The van der Waals surface area contributed by atoms with E-state index in [0.29, 0.717) is 13.2 Å². The Balaban J connectivity index is 1.70. The van der Waals surface area contributed by atoms with E-state index in [-0.39, 0.29) is 5.91 Å². The van der Waals surface area contributed by atoms with Gasteiger partial charge in [-0.1, -0.05) is 18.2 Å². The second kappa shape index (κ2) is 7.21. The number of nitrogens with one attached hydrogen (secondary N) is 1. The van der Waals surface area contributed by atoms with Gasteiger partial charge in [0.25, 0.3) is 0 Å². The summed E-state index contributed by atoms with van der Waals surface area (Å²) >= 11 is 0. The van der Waals surface area contributed by atoms with Gasteiger partial charge in [-0.3, -0.25) is 9.59 Å². The fraction of sp³-hybridized carbons (Fsp3) is 0.200. The highest BCUT2D eigenvalue weighted by Gasteiger charge is 2.12. The summed E-state index contributed by atoms with van der Waals surface area (Å²) in [4.78, 5) is 22.4. The fourth-order valence-corrected chi connectivity index (χ4v) is 2.99. The average molecular weight is 336 g/mol. The summed E-state index contributed by atoms with van der Waals surface area (Å²) in [6, 6.07) is 15.1.